The summed E-state index contributed by atoms with van der Waals surface area (Å²) in [7, 11) is 0. The molecule has 0 aliphatic rings. The fourth-order valence-electron chi connectivity index (χ4n) is 0.770. The van der Waals surface area contributed by atoms with E-state index in [1.165, 1.54) is 0 Å². The maximum absolute atomic E-state index is 4.11. The van der Waals surface area contributed by atoms with Crippen molar-refractivity contribution in [3.63, 3.8) is 0 Å². The minimum absolute atomic E-state index is 0.581. The van der Waals surface area contributed by atoms with Crippen LogP contribution < -0.4 is 0 Å². The van der Waals surface area contributed by atoms with Gasteiger partial charge in [0.05, 0.1) is 0 Å². The Morgan fingerprint density at radius 3 is 3.10 bits per heavy atom. The molecule has 1 aromatic heterocycles. The zero-order valence-corrected chi connectivity index (χ0v) is 7.56. The summed E-state index contributed by atoms with van der Waals surface area (Å²) in [6.45, 7) is 2.14. The largest absolute Gasteiger partial charge is 0.349 e. The number of nitrogens with zero attached hydrogens (tertiary/aromatic N) is 1. The van der Waals surface area contributed by atoms with Gasteiger partial charge in [0.15, 0.2) is 0 Å². The molecule has 0 aliphatic heterocycles. The molecule has 1 atom stereocenters. The summed E-state index contributed by atoms with van der Waals surface area (Å²) in [5, 5.41) is 0. The van der Waals surface area contributed by atoms with Gasteiger partial charge in [0.1, 0.15) is 5.82 Å². The minimum atomic E-state index is 0.581. The highest BCUT2D eigenvalue weighted by molar-refractivity contribution is 9.09. The average Bonchev–Trinajstić information content (AvgIpc) is 2.34. The SMILES string of the molecule is CC(Br)CCc1ncc[nH]1. The van der Waals surface area contributed by atoms with Gasteiger partial charge in [-0.1, -0.05) is 22.9 Å². The van der Waals surface area contributed by atoms with E-state index in [4.69, 9.17) is 0 Å². The maximum Gasteiger partial charge on any atom is 0.106 e. The summed E-state index contributed by atoms with van der Waals surface area (Å²) >= 11 is 3.48. The molecular weight excluding hydrogens is 192 g/mol. The first-order valence-corrected chi connectivity index (χ1v) is 4.33. The van der Waals surface area contributed by atoms with Crippen LogP contribution in [-0.4, -0.2) is 14.8 Å². The highest BCUT2D eigenvalue weighted by atomic mass is 79.9. The fraction of sp³-hybridized carbons (Fsp3) is 0.571. The molecule has 0 saturated heterocycles. The van der Waals surface area contributed by atoms with E-state index in [1.54, 1.807) is 6.20 Å². The molecule has 1 rings (SSSR count). The van der Waals surface area contributed by atoms with Gasteiger partial charge >= 0.3 is 0 Å². The van der Waals surface area contributed by atoms with Gasteiger partial charge in [0.25, 0.3) is 0 Å². The summed E-state index contributed by atoms with van der Waals surface area (Å²) in [5.41, 5.74) is 0. The van der Waals surface area contributed by atoms with Crippen molar-refractivity contribution < 1.29 is 0 Å². The van der Waals surface area contributed by atoms with Crippen molar-refractivity contribution in [1.82, 2.24) is 9.97 Å². The first-order chi connectivity index (χ1) is 4.79. The molecule has 1 unspecified atom stereocenters. The van der Waals surface area contributed by atoms with Gasteiger partial charge in [-0.15, -0.1) is 0 Å². The molecule has 0 radical (unpaired) electrons. The second-order valence-corrected chi connectivity index (χ2v) is 3.92. The topological polar surface area (TPSA) is 28.7 Å². The molecule has 3 heteroatoms. The number of imidazole rings is 1. The van der Waals surface area contributed by atoms with Crippen molar-refractivity contribution >= 4 is 15.9 Å². The van der Waals surface area contributed by atoms with E-state index < -0.39 is 0 Å². The molecule has 0 aromatic carbocycles. The summed E-state index contributed by atoms with van der Waals surface area (Å²) < 4.78 is 0. The lowest BCUT2D eigenvalue weighted by atomic mass is 10.2. The Balaban J connectivity index is 2.28. The normalized spacial score (nSPS) is 13.4. The van der Waals surface area contributed by atoms with Crippen LogP contribution in [0.15, 0.2) is 12.4 Å². The Morgan fingerprint density at radius 1 is 1.80 bits per heavy atom. The van der Waals surface area contributed by atoms with Gasteiger partial charge in [-0.25, -0.2) is 4.98 Å². The summed E-state index contributed by atoms with van der Waals surface area (Å²) in [6, 6.07) is 0. The summed E-state index contributed by atoms with van der Waals surface area (Å²) in [6.07, 6.45) is 5.80. The molecule has 0 bridgehead atoms. The van der Waals surface area contributed by atoms with E-state index in [1.807, 2.05) is 6.20 Å². The molecule has 56 valence electrons. The van der Waals surface area contributed by atoms with Gasteiger partial charge in [-0.2, -0.15) is 0 Å². The number of rotatable bonds is 3. The monoisotopic (exact) mass is 202 g/mol. The van der Waals surface area contributed by atoms with Crippen LogP contribution in [-0.2, 0) is 6.42 Å². The predicted molar refractivity (Wildman–Crippen MR) is 45.3 cm³/mol. The van der Waals surface area contributed by atoms with Crippen molar-refractivity contribution in [2.24, 2.45) is 0 Å². The fourth-order valence-corrected chi connectivity index (χ4v) is 0.999. The molecule has 1 heterocycles. The van der Waals surface area contributed by atoms with Crippen LogP contribution >= 0.6 is 15.9 Å². The smallest absolute Gasteiger partial charge is 0.106 e. The van der Waals surface area contributed by atoms with Crippen molar-refractivity contribution in [3.05, 3.63) is 18.2 Å². The van der Waals surface area contributed by atoms with Crippen molar-refractivity contribution in [3.8, 4) is 0 Å². The minimum Gasteiger partial charge on any atom is -0.349 e. The van der Waals surface area contributed by atoms with Crippen LogP contribution in [0.4, 0.5) is 0 Å². The van der Waals surface area contributed by atoms with Gasteiger partial charge in [-0.05, 0) is 6.42 Å². The van der Waals surface area contributed by atoms with Gasteiger partial charge in [0, 0.05) is 23.6 Å². The standard InChI is InChI=1S/C7H11BrN2/c1-6(8)2-3-7-9-4-5-10-7/h4-6H,2-3H2,1H3,(H,9,10). The maximum atomic E-state index is 4.11. The number of hydrogen-bond donors (Lipinski definition) is 1. The Bertz CT molecular complexity index is 170. The lowest BCUT2D eigenvalue weighted by Crippen LogP contribution is -1.95. The van der Waals surface area contributed by atoms with E-state index in [-0.39, 0.29) is 0 Å². The highest BCUT2D eigenvalue weighted by Crippen LogP contribution is 2.06. The van der Waals surface area contributed by atoms with Crippen LogP contribution in [0.5, 0.6) is 0 Å². The van der Waals surface area contributed by atoms with E-state index in [0.717, 1.165) is 18.7 Å². The number of H-pyrrole nitrogens is 1. The van der Waals surface area contributed by atoms with Crippen molar-refractivity contribution in [1.29, 1.82) is 0 Å². The third-order valence-corrected chi connectivity index (χ3v) is 1.79. The molecule has 2 nitrogen and oxygen atoms in total. The van der Waals surface area contributed by atoms with Crippen LogP contribution in [0, 0.1) is 0 Å². The Labute approximate surface area is 69.2 Å². The van der Waals surface area contributed by atoms with Crippen molar-refractivity contribution in [2.45, 2.75) is 24.6 Å². The molecule has 0 aliphatic carbocycles. The number of hydrogen-bond acceptors (Lipinski definition) is 1. The molecule has 0 amide bonds. The van der Waals surface area contributed by atoms with Gasteiger partial charge in [-0.3, -0.25) is 0 Å². The van der Waals surface area contributed by atoms with Crippen LogP contribution in [0.25, 0.3) is 0 Å². The third kappa shape index (κ3) is 2.52. The highest BCUT2D eigenvalue weighted by Gasteiger charge is 1.97. The van der Waals surface area contributed by atoms with Crippen molar-refractivity contribution in [2.75, 3.05) is 0 Å². The lowest BCUT2D eigenvalue weighted by Gasteiger charge is -1.98. The van der Waals surface area contributed by atoms with E-state index in [2.05, 4.69) is 32.8 Å². The molecular formula is C7H11BrN2. The first kappa shape index (κ1) is 7.79. The number of aromatic nitrogens is 2. The first-order valence-electron chi connectivity index (χ1n) is 3.41. The van der Waals surface area contributed by atoms with Crippen LogP contribution in [0.2, 0.25) is 0 Å². The van der Waals surface area contributed by atoms with E-state index in [9.17, 15) is 0 Å². The second-order valence-electron chi connectivity index (χ2n) is 2.36. The number of aromatic amines is 1. The number of halogens is 1. The number of aryl methyl sites for hydroxylation is 1. The van der Waals surface area contributed by atoms with Crippen LogP contribution in [0.3, 0.4) is 0 Å². The Kier molecular flexibility index (Phi) is 2.93. The number of alkyl halides is 1. The summed E-state index contributed by atoms with van der Waals surface area (Å²) in [4.78, 5) is 7.75. The molecule has 1 N–H and O–H groups in total. The average molecular weight is 203 g/mol. The molecule has 1 aromatic rings. The molecule has 10 heavy (non-hydrogen) atoms. The van der Waals surface area contributed by atoms with Gasteiger partial charge < -0.3 is 4.98 Å². The van der Waals surface area contributed by atoms with E-state index in [0.29, 0.717) is 4.83 Å². The Morgan fingerprint density at radius 2 is 2.60 bits per heavy atom. The second kappa shape index (κ2) is 3.76. The predicted octanol–water partition coefficient (Wildman–Crippen LogP) is 2.13. The quantitative estimate of drug-likeness (QED) is 0.749. The summed E-state index contributed by atoms with van der Waals surface area (Å²) in [5.74, 6) is 1.08. The zero-order valence-electron chi connectivity index (χ0n) is 5.97. The van der Waals surface area contributed by atoms with E-state index >= 15 is 0 Å². The molecule has 0 fully saturated rings. The molecule has 0 saturated carbocycles. The Hall–Kier alpha value is -0.310. The van der Waals surface area contributed by atoms with Gasteiger partial charge in [0.2, 0.25) is 0 Å². The third-order valence-electron chi connectivity index (χ3n) is 1.33. The molecule has 0 spiro atoms. The lowest BCUT2D eigenvalue weighted by molar-refractivity contribution is 0.784. The zero-order chi connectivity index (χ0) is 7.40. The number of nitrogens with one attached hydrogen (secondary N) is 1. The van der Waals surface area contributed by atoms with Crippen LogP contribution in [0.1, 0.15) is 19.2 Å².